The number of aryl methyl sites for hydroxylation is 1. The van der Waals surface area contributed by atoms with E-state index in [0.29, 0.717) is 12.6 Å². The van der Waals surface area contributed by atoms with Crippen LogP contribution in [0, 0.1) is 0 Å². The van der Waals surface area contributed by atoms with E-state index in [1.807, 2.05) is 24.0 Å². The highest BCUT2D eigenvalue weighted by Crippen LogP contribution is 2.15. The van der Waals surface area contributed by atoms with E-state index in [2.05, 4.69) is 39.5 Å². The molecule has 0 spiro atoms. The van der Waals surface area contributed by atoms with Crippen LogP contribution < -0.4 is 10.6 Å². The zero-order valence-electron chi connectivity index (χ0n) is 13.5. The van der Waals surface area contributed by atoms with E-state index in [1.54, 1.807) is 0 Å². The highest BCUT2D eigenvalue weighted by atomic mass is 15.3. The molecule has 0 radical (unpaired) electrons. The Hall–Kier alpha value is -1.56. The normalized spacial score (nSPS) is 20.0. The van der Waals surface area contributed by atoms with E-state index in [-0.39, 0.29) is 0 Å². The fourth-order valence-corrected chi connectivity index (χ4v) is 2.82. The molecule has 1 aliphatic rings. The molecule has 1 aromatic rings. The molecule has 0 bridgehead atoms. The summed E-state index contributed by atoms with van der Waals surface area (Å²) in [6, 6.07) is 2.64. The van der Waals surface area contributed by atoms with Crippen LogP contribution in [0.1, 0.15) is 32.4 Å². The van der Waals surface area contributed by atoms with Crippen LogP contribution in [0.3, 0.4) is 0 Å². The molecule has 1 aliphatic heterocycles. The van der Waals surface area contributed by atoms with Crippen LogP contribution in [0.5, 0.6) is 0 Å². The average molecular weight is 292 g/mol. The van der Waals surface area contributed by atoms with Gasteiger partial charge in [-0.3, -0.25) is 9.58 Å². The van der Waals surface area contributed by atoms with Crippen molar-refractivity contribution in [3.63, 3.8) is 0 Å². The molecule has 0 aliphatic carbocycles. The predicted molar refractivity (Wildman–Crippen MR) is 86.3 cm³/mol. The molecule has 2 N–H and O–H groups in total. The van der Waals surface area contributed by atoms with Crippen LogP contribution in [-0.4, -0.2) is 52.9 Å². The maximum absolute atomic E-state index is 4.64. The second-order valence-electron chi connectivity index (χ2n) is 5.45. The Morgan fingerprint density at radius 3 is 2.95 bits per heavy atom. The lowest BCUT2D eigenvalue weighted by Gasteiger charge is -2.23. The first-order valence-corrected chi connectivity index (χ1v) is 7.97. The van der Waals surface area contributed by atoms with E-state index in [1.165, 1.54) is 19.4 Å². The first-order chi connectivity index (χ1) is 10.2. The molecule has 0 saturated carbocycles. The van der Waals surface area contributed by atoms with Crippen molar-refractivity contribution >= 4 is 5.96 Å². The number of nitrogens with zero attached hydrogens (tertiary/aromatic N) is 4. The summed E-state index contributed by atoms with van der Waals surface area (Å²) < 4.78 is 1.86. The largest absolute Gasteiger partial charge is 0.357 e. The topological polar surface area (TPSA) is 57.5 Å². The Balaban J connectivity index is 1.88. The summed E-state index contributed by atoms with van der Waals surface area (Å²) >= 11 is 0. The summed E-state index contributed by atoms with van der Waals surface area (Å²) in [5.41, 5.74) is 1.11. The number of aliphatic imine (C=N–C) groups is 1. The van der Waals surface area contributed by atoms with E-state index in [0.717, 1.165) is 31.3 Å². The van der Waals surface area contributed by atoms with Crippen LogP contribution in [-0.2, 0) is 13.6 Å². The first-order valence-electron chi connectivity index (χ1n) is 7.97. The monoisotopic (exact) mass is 292 g/mol. The number of hydrogen-bond donors (Lipinski definition) is 2. The highest BCUT2D eigenvalue weighted by Gasteiger charge is 2.22. The fourth-order valence-electron chi connectivity index (χ4n) is 2.82. The van der Waals surface area contributed by atoms with Gasteiger partial charge in [-0.25, -0.2) is 4.99 Å². The number of likely N-dealkylation sites (tertiary alicyclic amines) is 1. The summed E-state index contributed by atoms with van der Waals surface area (Å²) in [7, 11) is 1.95. The Kier molecular flexibility index (Phi) is 6.04. The molecule has 1 aromatic heterocycles. The van der Waals surface area contributed by atoms with Gasteiger partial charge in [0.05, 0.1) is 12.2 Å². The van der Waals surface area contributed by atoms with Gasteiger partial charge in [0.15, 0.2) is 5.96 Å². The minimum atomic E-state index is 0.635. The second-order valence-corrected chi connectivity index (χ2v) is 5.45. The summed E-state index contributed by atoms with van der Waals surface area (Å²) in [5, 5.41) is 11.0. The molecule has 0 aromatic carbocycles. The summed E-state index contributed by atoms with van der Waals surface area (Å²) in [6.45, 7) is 9.17. The Labute approximate surface area is 127 Å². The van der Waals surface area contributed by atoms with Crippen LogP contribution in [0.4, 0.5) is 0 Å². The average Bonchev–Trinajstić information content (AvgIpc) is 3.10. The second kappa shape index (κ2) is 8.02. The van der Waals surface area contributed by atoms with Crippen LogP contribution >= 0.6 is 0 Å². The molecule has 21 heavy (non-hydrogen) atoms. The minimum Gasteiger partial charge on any atom is -0.357 e. The van der Waals surface area contributed by atoms with Crippen LogP contribution in [0.15, 0.2) is 17.3 Å². The van der Waals surface area contributed by atoms with Gasteiger partial charge in [0.2, 0.25) is 0 Å². The third-order valence-corrected chi connectivity index (χ3v) is 4.08. The third kappa shape index (κ3) is 4.46. The zero-order chi connectivity index (χ0) is 15.1. The predicted octanol–water partition coefficient (Wildman–Crippen LogP) is 0.960. The van der Waals surface area contributed by atoms with Crippen molar-refractivity contribution in [2.45, 2.75) is 39.3 Å². The van der Waals surface area contributed by atoms with E-state index in [9.17, 15) is 0 Å². The Bertz CT molecular complexity index is 453. The van der Waals surface area contributed by atoms with Crippen molar-refractivity contribution < 1.29 is 0 Å². The summed E-state index contributed by atoms with van der Waals surface area (Å²) in [5.74, 6) is 0.890. The molecule has 1 saturated heterocycles. The van der Waals surface area contributed by atoms with E-state index < -0.39 is 0 Å². The van der Waals surface area contributed by atoms with Crippen molar-refractivity contribution in [1.82, 2.24) is 25.3 Å². The zero-order valence-corrected chi connectivity index (χ0v) is 13.5. The Morgan fingerprint density at radius 2 is 2.29 bits per heavy atom. The van der Waals surface area contributed by atoms with Gasteiger partial charge < -0.3 is 10.6 Å². The summed E-state index contributed by atoms with van der Waals surface area (Å²) in [6.07, 6.45) is 4.40. The first kappa shape index (κ1) is 15.8. The quantitative estimate of drug-likeness (QED) is 0.606. The fraction of sp³-hybridized carbons (Fsp3) is 0.733. The van der Waals surface area contributed by atoms with Gasteiger partial charge in [0, 0.05) is 32.4 Å². The highest BCUT2D eigenvalue weighted by molar-refractivity contribution is 5.79. The van der Waals surface area contributed by atoms with Gasteiger partial charge in [0.25, 0.3) is 0 Å². The van der Waals surface area contributed by atoms with Gasteiger partial charge in [-0.1, -0.05) is 6.92 Å². The third-order valence-electron chi connectivity index (χ3n) is 4.08. The van der Waals surface area contributed by atoms with Crippen LogP contribution in [0.2, 0.25) is 0 Å². The minimum absolute atomic E-state index is 0.635. The number of nitrogens with one attached hydrogen (secondary N) is 2. The number of hydrogen-bond acceptors (Lipinski definition) is 3. The molecule has 6 heteroatoms. The molecule has 2 heterocycles. The molecular weight excluding hydrogens is 264 g/mol. The molecule has 2 rings (SSSR count). The SMILES string of the molecule is CCNC(=NCc1ccnn1C)NCC1CCCN1CC. The molecule has 1 atom stereocenters. The van der Waals surface area contributed by atoms with Crippen molar-refractivity contribution in [3.8, 4) is 0 Å². The molecule has 6 nitrogen and oxygen atoms in total. The van der Waals surface area contributed by atoms with Crippen molar-refractivity contribution in [3.05, 3.63) is 18.0 Å². The molecule has 1 unspecified atom stereocenters. The van der Waals surface area contributed by atoms with E-state index in [4.69, 9.17) is 0 Å². The smallest absolute Gasteiger partial charge is 0.191 e. The maximum atomic E-state index is 4.64. The number of aromatic nitrogens is 2. The van der Waals surface area contributed by atoms with Crippen molar-refractivity contribution in [1.29, 1.82) is 0 Å². The van der Waals surface area contributed by atoms with Crippen molar-refractivity contribution in [2.75, 3.05) is 26.2 Å². The Morgan fingerprint density at radius 1 is 1.43 bits per heavy atom. The maximum Gasteiger partial charge on any atom is 0.191 e. The lowest BCUT2D eigenvalue weighted by Crippen LogP contribution is -2.44. The number of likely N-dealkylation sites (N-methyl/N-ethyl adjacent to an activating group) is 1. The van der Waals surface area contributed by atoms with Gasteiger partial charge >= 0.3 is 0 Å². The molecule has 0 amide bonds. The number of rotatable bonds is 6. The van der Waals surface area contributed by atoms with Gasteiger partial charge in [-0.15, -0.1) is 0 Å². The lowest BCUT2D eigenvalue weighted by atomic mass is 10.2. The van der Waals surface area contributed by atoms with Gasteiger partial charge in [0.1, 0.15) is 0 Å². The molecular formula is C15H28N6. The standard InChI is InChI=1S/C15H28N6/c1-4-16-15(17-11-13-8-9-19-20(13)3)18-12-14-7-6-10-21(14)5-2/h8-9,14H,4-7,10-12H2,1-3H3,(H2,16,17,18). The number of guanidine groups is 1. The van der Waals surface area contributed by atoms with E-state index >= 15 is 0 Å². The summed E-state index contributed by atoms with van der Waals surface area (Å²) in [4.78, 5) is 7.18. The van der Waals surface area contributed by atoms with Gasteiger partial charge in [-0.05, 0) is 38.9 Å². The molecule has 118 valence electrons. The van der Waals surface area contributed by atoms with Crippen LogP contribution in [0.25, 0.3) is 0 Å². The van der Waals surface area contributed by atoms with Gasteiger partial charge in [-0.2, -0.15) is 5.10 Å². The lowest BCUT2D eigenvalue weighted by molar-refractivity contribution is 0.267. The molecule has 1 fully saturated rings. The van der Waals surface area contributed by atoms with Crippen molar-refractivity contribution in [2.24, 2.45) is 12.0 Å².